The fourth-order valence-corrected chi connectivity index (χ4v) is 3.17. The molecule has 1 N–H and O–H groups in total. The molecule has 124 valence electrons. The molecule has 1 aromatic carbocycles. The molecule has 1 amide bonds. The zero-order valence-corrected chi connectivity index (χ0v) is 14.2. The molecule has 5 nitrogen and oxygen atoms in total. The van der Waals surface area contributed by atoms with E-state index < -0.39 is 0 Å². The predicted molar refractivity (Wildman–Crippen MR) is 93.2 cm³/mol. The molecule has 0 radical (unpaired) electrons. The largest absolute Gasteiger partial charge is 0.302 e. The second kappa shape index (κ2) is 6.92. The molecule has 24 heavy (non-hydrogen) atoms. The van der Waals surface area contributed by atoms with Crippen LogP contribution in [0.25, 0.3) is 22.5 Å². The third-order valence-electron chi connectivity index (χ3n) is 3.56. The highest BCUT2D eigenvalue weighted by Crippen LogP contribution is 2.33. The van der Waals surface area contributed by atoms with E-state index in [-0.39, 0.29) is 11.7 Å². The number of carbonyl (C=O) groups is 1. The van der Waals surface area contributed by atoms with Crippen LogP contribution in [0.4, 0.5) is 9.52 Å². The standard InChI is InChI=1S/C17H17FN4OS/c1-3-4-15(23)21-17-20-14(10-24-17)13-9-19-22(2)16(13)11-5-7-12(18)8-6-11/h5-10H,3-4H2,1-2H3,(H,20,21,23). The first-order chi connectivity index (χ1) is 11.6. The van der Waals surface area contributed by atoms with Gasteiger partial charge in [-0.3, -0.25) is 9.48 Å². The summed E-state index contributed by atoms with van der Waals surface area (Å²) in [5.41, 5.74) is 3.29. The van der Waals surface area contributed by atoms with E-state index in [0.29, 0.717) is 11.6 Å². The Kier molecular flexibility index (Phi) is 4.71. The summed E-state index contributed by atoms with van der Waals surface area (Å²) in [4.78, 5) is 16.2. The second-order valence-corrected chi connectivity index (χ2v) is 6.23. The van der Waals surface area contributed by atoms with Gasteiger partial charge in [-0.15, -0.1) is 11.3 Å². The minimum absolute atomic E-state index is 0.0386. The first-order valence-electron chi connectivity index (χ1n) is 7.62. The number of amides is 1. The van der Waals surface area contributed by atoms with Crippen LogP contribution in [0.5, 0.6) is 0 Å². The number of nitrogens with one attached hydrogen (secondary N) is 1. The number of nitrogens with zero attached hydrogens (tertiary/aromatic N) is 3. The molecule has 3 rings (SSSR count). The lowest BCUT2D eigenvalue weighted by molar-refractivity contribution is -0.116. The number of rotatable bonds is 5. The Morgan fingerprint density at radius 2 is 2.08 bits per heavy atom. The summed E-state index contributed by atoms with van der Waals surface area (Å²) < 4.78 is 14.9. The Balaban J connectivity index is 1.92. The first kappa shape index (κ1) is 16.3. The molecular weight excluding hydrogens is 327 g/mol. The second-order valence-electron chi connectivity index (χ2n) is 5.37. The smallest absolute Gasteiger partial charge is 0.226 e. The molecule has 0 saturated carbocycles. The number of thiazole rings is 1. The average Bonchev–Trinajstić information content (AvgIpc) is 3.15. The molecule has 3 aromatic rings. The van der Waals surface area contributed by atoms with E-state index in [0.717, 1.165) is 28.9 Å². The van der Waals surface area contributed by atoms with Crippen molar-refractivity contribution in [3.63, 3.8) is 0 Å². The van der Waals surface area contributed by atoms with Gasteiger partial charge in [0.2, 0.25) is 5.91 Å². The maximum absolute atomic E-state index is 13.2. The summed E-state index contributed by atoms with van der Waals surface area (Å²) in [6.07, 6.45) is 3.00. The Morgan fingerprint density at radius 1 is 1.33 bits per heavy atom. The van der Waals surface area contributed by atoms with Crippen molar-refractivity contribution in [3.8, 4) is 22.5 Å². The van der Waals surface area contributed by atoms with Gasteiger partial charge in [-0.05, 0) is 30.7 Å². The van der Waals surface area contributed by atoms with Gasteiger partial charge in [-0.2, -0.15) is 5.10 Å². The molecule has 7 heteroatoms. The summed E-state index contributed by atoms with van der Waals surface area (Å²) in [6, 6.07) is 6.27. The zero-order chi connectivity index (χ0) is 17.1. The third-order valence-corrected chi connectivity index (χ3v) is 4.32. The molecular formula is C17H17FN4OS. The molecule has 0 aliphatic rings. The summed E-state index contributed by atoms with van der Waals surface area (Å²) >= 11 is 1.37. The lowest BCUT2D eigenvalue weighted by atomic mass is 10.1. The van der Waals surface area contributed by atoms with Gasteiger partial charge in [0.25, 0.3) is 0 Å². The Labute approximate surface area is 143 Å². The molecule has 2 heterocycles. The molecule has 0 aliphatic heterocycles. The fraction of sp³-hybridized carbons (Fsp3) is 0.235. The average molecular weight is 344 g/mol. The molecule has 2 aromatic heterocycles. The molecule has 0 saturated heterocycles. The molecule has 0 unspecified atom stereocenters. The number of anilines is 1. The van der Waals surface area contributed by atoms with E-state index >= 15 is 0 Å². The Bertz CT molecular complexity index is 854. The highest BCUT2D eigenvalue weighted by Gasteiger charge is 2.16. The van der Waals surface area contributed by atoms with E-state index in [9.17, 15) is 9.18 Å². The Hall–Kier alpha value is -2.54. The minimum atomic E-state index is -0.281. The van der Waals surface area contributed by atoms with Gasteiger partial charge >= 0.3 is 0 Å². The molecule has 0 aliphatic carbocycles. The van der Waals surface area contributed by atoms with Crippen LogP contribution in [0.15, 0.2) is 35.8 Å². The monoisotopic (exact) mass is 344 g/mol. The predicted octanol–water partition coefficient (Wildman–Crippen LogP) is 4.09. The van der Waals surface area contributed by atoms with Crippen LogP contribution >= 0.6 is 11.3 Å². The van der Waals surface area contributed by atoms with E-state index in [1.165, 1.54) is 23.5 Å². The maximum Gasteiger partial charge on any atom is 0.226 e. The number of halogens is 1. The van der Waals surface area contributed by atoms with Crippen molar-refractivity contribution < 1.29 is 9.18 Å². The summed E-state index contributed by atoms with van der Waals surface area (Å²) in [5.74, 6) is -0.319. The van der Waals surface area contributed by atoms with Crippen molar-refractivity contribution in [2.75, 3.05) is 5.32 Å². The van der Waals surface area contributed by atoms with Crippen LogP contribution in [0.3, 0.4) is 0 Å². The summed E-state index contributed by atoms with van der Waals surface area (Å²) in [6.45, 7) is 1.96. The topological polar surface area (TPSA) is 59.8 Å². The van der Waals surface area contributed by atoms with Crippen molar-refractivity contribution in [2.45, 2.75) is 19.8 Å². The van der Waals surface area contributed by atoms with Crippen LogP contribution in [-0.4, -0.2) is 20.7 Å². The molecule has 0 spiro atoms. The zero-order valence-electron chi connectivity index (χ0n) is 13.4. The number of benzene rings is 1. The normalized spacial score (nSPS) is 10.8. The lowest BCUT2D eigenvalue weighted by Crippen LogP contribution is -2.10. The van der Waals surface area contributed by atoms with Gasteiger partial charge in [-0.25, -0.2) is 9.37 Å². The van der Waals surface area contributed by atoms with E-state index in [1.807, 2.05) is 19.4 Å². The van der Waals surface area contributed by atoms with Gasteiger partial charge in [0, 0.05) is 30.0 Å². The van der Waals surface area contributed by atoms with Crippen LogP contribution in [0.1, 0.15) is 19.8 Å². The number of hydrogen-bond acceptors (Lipinski definition) is 4. The summed E-state index contributed by atoms with van der Waals surface area (Å²) in [7, 11) is 1.83. The van der Waals surface area contributed by atoms with Crippen molar-refractivity contribution in [3.05, 3.63) is 41.7 Å². The van der Waals surface area contributed by atoms with Gasteiger partial charge in [0.15, 0.2) is 5.13 Å². The van der Waals surface area contributed by atoms with E-state index in [1.54, 1.807) is 23.0 Å². The van der Waals surface area contributed by atoms with Gasteiger partial charge in [0.05, 0.1) is 17.6 Å². The van der Waals surface area contributed by atoms with Crippen molar-refractivity contribution >= 4 is 22.4 Å². The number of aromatic nitrogens is 3. The highest BCUT2D eigenvalue weighted by molar-refractivity contribution is 7.14. The molecule has 0 fully saturated rings. The quantitative estimate of drug-likeness (QED) is 0.758. The lowest BCUT2D eigenvalue weighted by Gasteiger charge is -2.05. The molecule has 0 atom stereocenters. The number of hydrogen-bond donors (Lipinski definition) is 1. The maximum atomic E-state index is 13.2. The van der Waals surface area contributed by atoms with Gasteiger partial charge in [0.1, 0.15) is 5.82 Å². The van der Waals surface area contributed by atoms with Crippen LogP contribution < -0.4 is 5.32 Å². The Morgan fingerprint density at radius 3 is 2.79 bits per heavy atom. The third kappa shape index (κ3) is 3.35. The first-order valence-corrected chi connectivity index (χ1v) is 8.50. The number of aryl methyl sites for hydroxylation is 1. The van der Waals surface area contributed by atoms with Crippen LogP contribution in [0.2, 0.25) is 0 Å². The van der Waals surface area contributed by atoms with Crippen LogP contribution in [-0.2, 0) is 11.8 Å². The summed E-state index contributed by atoms with van der Waals surface area (Å²) in [5, 5.41) is 9.54. The SMILES string of the molecule is CCCC(=O)Nc1nc(-c2cnn(C)c2-c2ccc(F)cc2)cs1. The van der Waals surface area contributed by atoms with Crippen molar-refractivity contribution in [1.29, 1.82) is 0 Å². The van der Waals surface area contributed by atoms with E-state index in [2.05, 4.69) is 15.4 Å². The minimum Gasteiger partial charge on any atom is -0.302 e. The molecule has 0 bridgehead atoms. The number of carbonyl (C=O) groups excluding carboxylic acids is 1. The van der Waals surface area contributed by atoms with Gasteiger partial charge in [-0.1, -0.05) is 6.92 Å². The van der Waals surface area contributed by atoms with Crippen molar-refractivity contribution in [1.82, 2.24) is 14.8 Å². The highest BCUT2D eigenvalue weighted by atomic mass is 32.1. The van der Waals surface area contributed by atoms with Gasteiger partial charge < -0.3 is 5.32 Å². The van der Waals surface area contributed by atoms with Crippen molar-refractivity contribution in [2.24, 2.45) is 7.05 Å². The van der Waals surface area contributed by atoms with Crippen LogP contribution in [0, 0.1) is 5.82 Å². The van der Waals surface area contributed by atoms with E-state index in [4.69, 9.17) is 0 Å². The fourth-order valence-electron chi connectivity index (χ4n) is 2.44.